The number of amides is 2. The Kier molecular flexibility index (Phi) is 7.65. The van der Waals surface area contributed by atoms with E-state index in [0.717, 1.165) is 0 Å². The molecule has 2 heterocycles. The number of nitrogens with zero attached hydrogens (tertiary/aromatic N) is 2. The lowest BCUT2D eigenvalue weighted by Gasteiger charge is -2.18. The van der Waals surface area contributed by atoms with Crippen molar-refractivity contribution < 1.29 is 39.2 Å². The number of carboxylic acid groups (broad SMARTS) is 1. The number of nitrogens with one attached hydrogen (secondary N) is 2. The lowest BCUT2D eigenvalue weighted by Crippen LogP contribution is -2.53. The largest absolute Gasteiger partial charge is 0.505 e. The number of ether oxygens (including phenoxy) is 2. The van der Waals surface area contributed by atoms with E-state index in [1.54, 1.807) is 48.5 Å². The summed E-state index contributed by atoms with van der Waals surface area (Å²) in [5.74, 6) is -4.66. The van der Waals surface area contributed by atoms with E-state index in [4.69, 9.17) is 9.47 Å². The topological polar surface area (TPSA) is 180 Å². The highest BCUT2D eigenvalue weighted by Gasteiger charge is 2.29. The Morgan fingerprint density at radius 3 is 1.45 bits per heavy atom. The van der Waals surface area contributed by atoms with Gasteiger partial charge in [0.15, 0.2) is 22.9 Å². The Balaban J connectivity index is 1.65. The van der Waals surface area contributed by atoms with Crippen LogP contribution in [-0.4, -0.2) is 63.5 Å². The quantitative estimate of drug-likeness (QED) is 0.205. The predicted octanol–water partition coefficient (Wildman–Crippen LogP) is 2.06. The van der Waals surface area contributed by atoms with Crippen LogP contribution in [0, 0.1) is 0 Å². The van der Waals surface area contributed by atoms with Gasteiger partial charge in [0.25, 0.3) is 11.8 Å². The molecule has 0 unspecified atom stereocenters. The molecule has 5 N–H and O–H groups in total. The van der Waals surface area contributed by atoms with E-state index in [2.05, 4.69) is 20.6 Å². The number of methoxy groups -OCH3 is 2. The highest BCUT2D eigenvalue weighted by molar-refractivity contribution is 6.06. The smallest absolute Gasteiger partial charge is 0.347 e. The molecule has 12 heteroatoms. The number of pyridine rings is 2. The van der Waals surface area contributed by atoms with Gasteiger partial charge in [-0.3, -0.25) is 9.59 Å². The lowest BCUT2D eigenvalue weighted by atomic mass is 10.1. The Morgan fingerprint density at radius 1 is 0.737 bits per heavy atom. The zero-order valence-electron chi connectivity index (χ0n) is 20.4. The summed E-state index contributed by atoms with van der Waals surface area (Å²) in [4.78, 5) is 46.3. The molecule has 0 atom stereocenters. The lowest BCUT2D eigenvalue weighted by molar-refractivity contribution is -0.139. The van der Waals surface area contributed by atoms with Crippen LogP contribution in [0.4, 0.5) is 0 Å². The number of fused-ring (bicyclic) bond motifs is 2. The summed E-state index contributed by atoms with van der Waals surface area (Å²) in [6.45, 7) is 0.0494. The second-order valence-corrected chi connectivity index (χ2v) is 8.19. The van der Waals surface area contributed by atoms with Crippen LogP contribution in [0.25, 0.3) is 21.5 Å². The van der Waals surface area contributed by atoms with E-state index >= 15 is 0 Å². The molecule has 0 aliphatic carbocycles. The molecule has 4 rings (SSSR count). The zero-order chi connectivity index (χ0) is 27.4. The standard InChI is InChI=1S/C26H24N4O8/c1-37-11-17-13-7-3-5-9-15(13)21(31)19(27-17)24(33)29-23(26(35)36)30-25(34)20-22(32)16-10-6-4-8-14(16)18(28-20)12-38-2/h3-10,23,31-32H,11-12H2,1-2H3,(H,29,33)(H,30,34)(H,35,36). The van der Waals surface area contributed by atoms with Crippen LogP contribution in [0.15, 0.2) is 48.5 Å². The third-order valence-corrected chi connectivity index (χ3v) is 5.72. The van der Waals surface area contributed by atoms with E-state index in [9.17, 15) is 29.7 Å². The van der Waals surface area contributed by atoms with Gasteiger partial charge in [-0.15, -0.1) is 0 Å². The maximum absolute atomic E-state index is 13.0. The number of aromatic hydroxyl groups is 2. The monoisotopic (exact) mass is 520 g/mol. The molecule has 0 fully saturated rings. The summed E-state index contributed by atoms with van der Waals surface area (Å²) in [6, 6.07) is 13.3. The summed E-state index contributed by atoms with van der Waals surface area (Å²) in [6.07, 6.45) is -1.95. The molecule has 0 aliphatic heterocycles. The van der Waals surface area contributed by atoms with Crippen molar-refractivity contribution in [2.24, 2.45) is 0 Å². The van der Waals surface area contributed by atoms with Gasteiger partial charge in [0, 0.05) is 35.8 Å². The molecular weight excluding hydrogens is 496 g/mol. The highest BCUT2D eigenvalue weighted by Crippen LogP contribution is 2.31. The van der Waals surface area contributed by atoms with Crippen LogP contribution in [0.1, 0.15) is 32.4 Å². The summed E-state index contributed by atoms with van der Waals surface area (Å²) < 4.78 is 10.3. The number of carboxylic acids is 1. The Labute approximate surface area is 215 Å². The van der Waals surface area contributed by atoms with Crippen LogP contribution in [0.2, 0.25) is 0 Å². The minimum atomic E-state index is -1.95. The van der Waals surface area contributed by atoms with Crippen molar-refractivity contribution in [3.63, 3.8) is 0 Å². The Bertz CT molecular complexity index is 1450. The van der Waals surface area contributed by atoms with Crippen molar-refractivity contribution in [3.05, 3.63) is 71.3 Å². The molecule has 0 radical (unpaired) electrons. The first-order valence-corrected chi connectivity index (χ1v) is 11.3. The SMILES string of the molecule is COCc1nc(C(=O)NC(NC(=O)c2nc(COC)c3ccccc3c2O)C(=O)O)c(O)c2ccccc12. The number of hydrogen-bond donors (Lipinski definition) is 5. The molecule has 2 aromatic heterocycles. The van der Waals surface area contributed by atoms with Crippen molar-refractivity contribution in [1.82, 2.24) is 20.6 Å². The maximum atomic E-state index is 13.0. The maximum Gasteiger partial charge on any atom is 0.347 e. The van der Waals surface area contributed by atoms with E-state index < -0.39 is 46.8 Å². The fourth-order valence-corrected chi connectivity index (χ4v) is 4.00. The molecule has 0 spiro atoms. The molecule has 0 bridgehead atoms. The minimum absolute atomic E-state index is 0.0247. The van der Waals surface area contributed by atoms with Crippen LogP contribution in [0.5, 0.6) is 11.5 Å². The molecule has 12 nitrogen and oxygen atoms in total. The van der Waals surface area contributed by atoms with E-state index in [1.165, 1.54) is 14.2 Å². The van der Waals surface area contributed by atoms with Gasteiger partial charge >= 0.3 is 5.97 Å². The number of carbonyl (C=O) groups is 3. The normalized spacial score (nSPS) is 11.1. The van der Waals surface area contributed by atoms with Gasteiger partial charge in [-0.1, -0.05) is 48.5 Å². The van der Waals surface area contributed by atoms with Crippen molar-refractivity contribution in [2.45, 2.75) is 19.4 Å². The second-order valence-electron chi connectivity index (χ2n) is 8.19. The number of aliphatic carboxylic acids is 1. The average molecular weight is 520 g/mol. The first-order chi connectivity index (χ1) is 18.3. The van der Waals surface area contributed by atoms with Crippen molar-refractivity contribution in [2.75, 3.05) is 14.2 Å². The number of rotatable bonds is 9. The zero-order valence-corrected chi connectivity index (χ0v) is 20.4. The molecule has 196 valence electrons. The van der Waals surface area contributed by atoms with Crippen LogP contribution in [-0.2, 0) is 27.5 Å². The fraction of sp³-hybridized carbons (Fsp3) is 0.192. The van der Waals surface area contributed by atoms with Gasteiger partial charge in [-0.2, -0.15) is 0 Å². The van der Waals surface area contributed by atoms with Crippen molar-refractivity contribution in [3.8, 4) is 11.5 Å². The molecule has 2 amide bonds. The third-order valence-electron chi connectivity index (χ3n) is 5.72. The molecule has 38 heavy (non-hydrogen) atoms. The molecule has 0 saturated carbocycles. The first-order valence-electron chi connectivity index (χ1n) is 11.3. The van der Waals surface area contributed by atoms with Crippen LogP contribution >= 0.6 is 0 Å². The second kappa shape index (κ2) is 11.1. The average Bonchev–Trinajstić information content (AvgIpc) is 2.91. The number of hydrogen-bond acceptors (Lipinski definition) is 9. The van der Waals surface area contributed by atoms with Crippen LogP contribution in [0.3, 0.4) is 0 Å². The first kappa shape index (κ1) is 26.3. The van der Waals surface area contributed by atoms with Gasteiger partial charge in [-0.25, -0.2) is 14.8 Å². The minimum Gasteiger partial charge on any atom is -0.505 e. The van der Waals surface area contributed by atoms with Gasteiger partial charge in [0.05, 0.1) is 24.6 Å². The van der Waals surface area contributed by atoms with Gasteiger partial charge in [0.2, 0.25) is 6.17 Å². The summed E-state index contributed by atoms with van der Waals surface area (Å²) in [5.41, 5.74) is -0.216. The molecule has 4 aromatic rings. The third kappa shape index (κ3) is 5.03. The number of benzene rings is 2. The van der Waals surface area contributed by atoms with Gasteiger partial charge in [0.1, 0.15) is 0 Å². The van der Waals surface area contributed by atoms with Crippen LogP contribution < -0.4 is 10.6 Å². The number of carbonyl (C=O) groups excluding carboxylic acids is 2. The molecule has 2 aromatic carbocycles. The van der Waals surface area contributed by atoms with Gasteiger partial charge < -0.3 is 35.4 Å². The summed E-state index contributed by atoms with van der Waals surface area (Å²) in [7, 11) is 2.88. The van der Waals surface area contributed by atoms with E-state index in [0.29, 0.717) is 32.9 Å². The number of aromatic nitrogens is 2. The van der Waals surface area contributed by atoms with Gasteiger partial charge in [-0.05, 0) is 0 Å². The molecular formula is C26H24N4O8. The van der Waals surface area contributed by atoms with E-state index in [1.807, 2.05) is 0 Å². The molecule has 0 aliphatic rings. The summed E-state index contributed by atoms with van der Waals surface area (Å²) in [5, 5.41) is 37.1. The predicted molar refractivity (Wildman–Crippen MR) is 135 cm³/mol. The van der Waals surface area contributed by atoms with Crippen molar-refractivity contribution in [1.29, 1.82) is 0 Å². The molecule has 0 saturated heterocycles. The fourth-order valence-electron chi connectivity index (χ4n) is 4.00. The highest BCUT2D eigenvalue weighted by atomic mass is 16.5. The van der Waals surface area contributed by atoms with E-state index in [-0.39, 0.29) is 13.2 Å². The van der Waals surface area contributed by atoms with Crippen molar-refractivity contribution >= 4 is 39.3 Å². The summed E-state index contributed by atoms with van der Waals surface area (Å²) >= 11 is 0. The Hall–Kier alpha value is -4.81. The Morgan fingerprint density at radius 2 is 1.11 bits per heavy atom.